The standard InChI is InChI=1S/C19H17ClN2O/c1-13-6-8-14(9-7-13)12-17-19(23)22-18(21-17)11-10-15-4-2-3-5-16(15)20/h2-9,12H,10-11H2,1H3,(H,21,22,23)/b17-12+. The van der Waals surface area contributed by atoms with E-state index in [1.807, 2.05) is 55.5 Å². The number of aliphatic imine (C=N–C) groups is 1. The van der Waals surface area contributed by atoms with Gasteiger partial charge >= 0.3 is 0 Å². The van der Waals surface area contributed by atoms with Gasteiger partial charge in [-0.05, 0) is 36.6 Å². The smallest absolute Gasteiger partial charge is 0.275 e. The minimum atomic E-state index is -0.153. The van der Waals surface area contributed by atoms with E-state index in [0.29, 0.717) is 18.0 Å². The van der Waals surface area contributed by atoms with Crippen molar-refractivity contribution in [2.75, 3.05) is 0 Å². The monoisotopic (exact) mass is 324 g/mol. The van der Waals surface area contributed by atoms with E-state index in [1.54, 1.807) is 6.08 Å². The van der Waals surface area contributed by atoms with E-state index in [-0.39, 0.29) is 5.91 Å². The number of hydrogen-bond donors (Lipinski definition) is 1. The molecule has 0 unspecified atom stereocenters. The Bertz CT molecular complexity index is 791. The molecule has 0 saturated carbocycles. The predicted molar refractivity (Wildman–Crippen MR) is 94.5 cm³/mol. The first-order valence-electron chi connectivity index (χ1n) is 7.52. The van der Waals surface area contributed by atoms with Gasteiger partial charge in [-0.25, -0.2) is 4.99 Å². The summed E-state index contributed by atoms with van der Waals surface area (Å²) < 4.78 is 0. The van der Waals surface area contributed by atoms with Crippen molar-refractivity contribution in [2.24, 2.45) is 4.99 Å². The zero-order chi connectivity index (χ0) is 16.2. The van der Waals surface area contributed by atoms with Crippen LogP contribution in [-0.2, 0) is 11.2 Å². The molecule has 0 bridgehead atoms. The molecule has 1 amide bonds. The molecule has 0 saturated heterocycles. The van der Waals surface area contributed by atoms with Gasteiger partial charge in [0.1, 0.15) is 11.5 Å². The number of rotatable bonds is 4. The van der Waals surface area contributed by atoms with Gasteiger partial charge < -0.3 is 5.32 Å². The highest BCUT2D eigenvalue weighted by Gasteiger charge is 2.19. The van der Waals surface area contributed by atoms with Crippen molar-refractivity contribution < 1.29 is 4.79 Å². The topological polar surface area (TPSA) is 41.5 Å². The van der Waals surface area contributed by atoms with Crippen LogP contribution in [0.1, 0.15) is 23.1 Å². The van der Waals surface area contributed by atoms with Crippen LogP contribution >= 0.6 is 11.6 Å². The highest BCUT2D eigenvalue weighted by Crippen LogP contribution is 2.18. The minimum Gasteiger partial charge on any atom is -0.309 e. The molecule has 1 aliphatic heterocycles. The van der Waals surface area contributed by atoms with Crippen LogP contribution in [0.3, 0.4) is 0 Å². The van der Waals surface area contributed by atoms with Gasteiger partial charge in [0.15, 0.2) is 0 Å². The molecule has 1 aliphatic rings. The molecule has 2 aromatic rings. The molecule has 116 valence electrons. The molecule has 3 rings (SSSR count). The van der Waals surface area contributed by atoms with Crippen LogP contribution in [-0.4, -0.2) is 11.7 Å². The first-order chi connectivity index (χ1) is 11.1. The van der Waals surface area contributed by atoms with Crippen LogP contribution in [0.5, 0.6) is 0 Å². The summed E-state index contributed by atoms with van der Waals surface area (Å²) in [5, 5.41) is 3.57. The first kappa shape index (κ1) is 15.5. The Morgan fingerprint density at radius 1 is 1.09 bits per heavy atom. The number of nitrogens with zero attached hydrogens (tertiary/aromatic N) is 1. The lowest BCUT2D eigenvalue weighted by Gasteiger charge is -2.03. The van der Waals surface area contributed by atoms with Crippen molar-refractivity contribution in [3.8, 4) is 0 Å². The normalized spacial score (nSPS) is 15.7. The Balaban J connectivity index is 1.71. The molecular weight excluding hydrogens is 308 g/mol. The van der Waals surface area contributed by atoms with Gasteiger partial charge in [0.05, 0.1) is 0 Å². The van der Waals surface area contributed by atoms with E-state index in [1.165, 1.54) is 5.56 Å². The van der Waals surface area contributed by atoms with Crippen molar-refractivity contribution in [3.63, 3.8) is 0 Å². The average Bonchev–Trinajstić information content (AvgIpc) is 2.89. The summed E-state index contributed by atoms with van der Waals surface area (Å²) in [5.41, 5.74) is 3.66. The molecule has 1 heterocycles. The molecule has 0 aromatic heterocycles. The Morgan fingerprint density at radius 2 is 1.83 bits per heavy atom. The third-order valence-corrected chi connectivity index (χ3v) is 4.08. The van der Waals surface area contributed by atoms with Crippen LogP contribution in [0, 0.1) is 6.92 Å². The maximum atomic E-state index is 12.0. The fraction of sp³-hybridized carbons (Fsp3) is 0.158. The summed E-state index contributed by atoms with van der Waals surface area (Å²) in [6.07, 6.45) is 3.20. The van der Waals surface area contributed by atoms with Crippen molar-refractivity contribution in [3.05, 3.63) is 75.9 Å². The number of aryl methyl sites for hydroxylation is 2. The Morgan fingerprint density at radius 3 is 2.57 bits per heavy atom. The van der Waals surface area contributed by atoms with Gasteiger partial charge in [-0.3, -0.25) is 4.79 Å². The second kappa shape index (κ2) is 6.80. The number of halogens is 1. The SMILES string of the molecule is Cc1ccc(/C=C2/N=C(CCc3ccccc3Cl)NC2=O)cc1. The lowest BCUT2D eigenvalue weighted by atomic mass is 10.1. The molecule has 3 nitrogen and oxygen atoms in total. The number of benzene rings is 2. The Labute approximate surface area is 140 Å². The number of amides is 1. The minimum absolute atomic E-state index is 0.153. The highest BCUT2D eigenvalue weighted by atomic mass is 35.5. The van der Waals surface area contributed by atoms with Gasteiger partial charge in [0.25, 0.3) is 5.91 Å². The second-order valence-corrected chi connectivity index (χ2v) is 5.95. The molecule has 0 atom stereocenters. The maximum Gasteiger partial charge on any atom is 0.275 e. The van der Waals surface area contributed by atoms with Crippen molar-refractivity contribution in [2.45, 2.75) is 19.8 Å². The van der Waals surface area contributed by atoms with Gasteiger partial charge in [-0.2, -0.15) is 0 Å². The van der Waals surface area contributed by atoms with E-state index < -0.39 is 0 Å². The van der Waals surface area contributed by atoms with Crippen LogP contribution in [0.15, 0.2) is 59.2 Å². The largest absolute Gasteiger partial charge is 0.309 e. The summed E-state index contributed by atoms with van der Waals surface area (Å²) >= 11 is 6.15. The first-order valence-corrected chi connectivity index (χ1v) is 7.90. The Kier molecular flexibility index (Phi) is 4.58. The van der Waals surface area contributed by atoms with Gasteiger partial charge in [0, 0.05) is 11.4 Å². The number of carbonyl (C=O) groups excluding carboxylic acids is 1. The van der Waals surface area contributed by atoms with Gasteiger partial charge in [0.2, 0.25) is 0 Å². The predicted octanol–water partition coefficient (Wildman–Crippen LogP) is 4.15. The van der Waals surface area contributed by atoms with E-state index >= 15 is 0 Å². The third kappa shape index (κ3) is 3.88. The summed E-state index contributed by atoms with van der Waals surface area (Å²) in [4.78, 5) is 16.4. The summed E-state index contributed by atoms with van der Waals surface area (Å²) in [6.45, 7) is 2.03. The van der Waals surface area contributed by atoms with Crippen molar-refractivity contribution >= 4 is 29.4 Å². The zero-order valence-electron chi connectivity index (χ0n) is 12.8. The van der Waals surface area contributed by atoms with Crippen molar-refractivity contribution in [1.82, 2.24) is 5.32 Å². The van der Waals surface area contributed by atoms with Crippen LogP contribution in [0.25, 0.3) is 6.08 Å². The molecule has 0 fully saturated rings. The Hall–Kier alpha value is -2.39. The lowest BCUT2D eigenvalue weighted by Crippen LogP contribution is -2.24. The molecule has 4 heteroatoms. The van der Waals surface area contributed by atoms with E-state index in [4.69, 9.17) is 11.6 Å². The highest BCUT2D eigenvalue weighted by molar-refractivity contribution is 6.31. The molecule has 0 radical (unpaired) electrons. The fourth-order valence-corrected chi connectivity index (χ4v) is 2.64. The number of hydrogen-bond acceptors (Lipinski definition) is 2. The maximum absolute atomic E-state index is 12.0. The molecule has 2 aromatic carbocycles. The second-order valence-electron chi connectivity index (χ2n) is 5.54. The van der Waals surface area contributed by atoms with E-state index in [0.717, 1.165) is 22.6 Å². The van der Waals surface area contributed by atoms with Gasteiger partial charge in [-0.1, -0.05) is 59.6 Å². The number of nitrogens with one attached hydrogen (secondary N) is 1. The van der Waals surface area contributed by atoms with E-state index in [2.05, 4.69) is 10.3 Å². The molecule has 1 N–H and O–H groups in total. The molecule has 23 heavy (non-hydrogen) atoms. The molecule has 0 aliphatic carbocycles. The summed E-state index contributed by atoms with van der Waals surface area (Å²) in [7, 11) is 0. The molecular formula is C19H17ClN2O. The number of amidine groups is 1. The fourth-order valence-electron chi connectivity index (χ4n) is 2.41. The lowest BCUT2D eigenvalue weighted by molar-refractivity contribution is -0.115. The van der Waals surface area contributed by atoms with Crippen LogP contribution in [0.4, 0.5) is 0 Å². The van der Waals surface area contributed by atoms with Crippen LogP contribution in [0.2, 0.25) is 5.02 Å². The van der Waals surface area contributed by atoms with Crippen molar-refractivity contribution in [1.29, 1.82) is 0 Å². The van der Waals surface area contributed by atoms with Crippen LogP contribution < -0.4 is 5.32 Å². The third-order valence-electron chi connectivity index (χ3n) is 3.72. The van der Waals surface area contributed by atoms with E-state index in [9.17, 15) is 4.79 Å². The summed E-state index contributed by atoms with van der Waals surface area (Å²) in [5.74, 6) is 0.535. The zero-order valence-corrected chi connectivity index (χ0v) is 13.6. The average molecular weight is 325 g/mol. The quantitative estimate of drug-likeness (QED) is 0.843. The number of carbonyl (C=O) groups is 1. The molecule has 0 spiro atoms. The van der Waals surface area contributed by atoms with Gasteiger partial charge in [-0.15, -0.1) is 0 Å². The summed E-state index contributed by atoms with van der Waals surface area (Å²) in [6, 6.07) is 15.7.